The normalized spacial score (nSPS) is 14.3. The Morgan fingerprint density at radius 1 is 1.12 bits per heavy atom. The van der Waals surface area contributed by atoms with Crippen LogP contribution in [0.25, 0.3) is 10.2 Å². The number of nitrogens with zero attached hydrogens (tertiary/aromatic N) is 3. The molecule has 0 bridgehead atoms. The summed E-state index contributed by atoms with van der Waals surface area (Å²) in [5.74, 6) is 1.09. The highest BCUT2D eigenvalue weighted by molar-refractivity contribution is 7.99. The maximum Gasteiger partial charge on any atom is 0.272 e. The first-order chi connectivity index (χ1) is 16.6. The molecule has 0 radical (unpaired) electrons. The van der Waals surface area contributed by atoms with Crippen molar-refractivity contribution in [1.82, 2.24) is 14.5 Å². The van der Waals surface area contributed by atoms with Crippen LogP contribution >= 0.6 is 23.1 Å². The van der Waals surface area contributed by atoms with E-state index in [1.165, 1.54) is 42.4 Å². The first-order valence-corrected chi connectivity index (χ1v) is 13.3. The minimum atomic E-state index is -0.184. The first-order valence-electron chi connectivity index (χ1n) is 11.4. The van der Waals surface area contributed by atoms with E-state index >= 15 is 0 Å². The topological polar surface area (TPSA) is 85.7 Å². The van der Waals surface area contributed by atoms with Crippen molar-refractivity contribution < 1.29 is 14.3 Å². The fraction of sp³-hybridized carbons (Fsp3) is 0.458. The second kappa shape index (κ2) is 11.7. The van der Waals surface area contributed by atoms with Crippen LogP contribution in [0, 0.1) is 0 Å². The molecule has 0 spiro atoms. The number of thiophene rings is 1. The third kappa shape index (κ3) is 5.92. The highest BCUT2D eigenvalue weighted by atomic mass is 32.2. The van der Waals surface area contributed by atoms with Crippen molar-refractivity contribution in [3.05, 3.63) is 40.0 Å². The number of hydrogen-bond donors (Lipinski definition) is 1. The molecule has 1 saturated heterocycles. The maximum absolute atomic E-state index is 13.1. The molecule has 4 rings (SSSR count). The predicted molar refractivity (Wildman–Crippen MR) is 138 cm³/mol. The standard InChI is InChI=1S/C24H30N4O4S2/c1-31-19-8-7-17(15-20(19)32-2)25-21(29)16-34-24-26-18-9-14-33-22(18)23(30)28(24)13-6-12-27-10-4-3-5-11-27/h7-9,14-15H,3-6,10-13,16H2,1-2H3,(H,25,29). The summed E-state index contributed by atoms with van der Waals surface area (Å²) in [4.78, 5) is 32.9. The van der Waals surface area contributed by atoms with E-state index < -0.39 is 0 Å². The Bertz CT molecular complexity index is 1190. The minimum Gasteiger partial charge on any atom is -0.493 e. The molecule has 1 amide bonds. The zero-order valence-corrected chi connectivity index (χ0v) is 21.2. The highest BCUT2D eigenvalue weighted by Crippen LogP contribution is 2.30. The Labute approximate surface area is 207 Å². The molecule has 10 heteroatoms. The minimum absolute atomic E-state index is 0.0264. The molecule has 1 aliphatic rings. The summed E-state index contributed by atoms with van der Waals surface area (Å²) in [6.45, 7) is 3.83. The summed E-state index contributed by atoms with van der Waals surface area (Å²) in [5.41, 5.74) is 1.27. The van der Waals surface area contributed by atoms with Gasteiger partial charge in [0.25, 0.3) is 5.56 Å². The number of amides is 1. The third-order valence-corrected chi connectivity index (χ3v) is 7.70. The van der Waals surface area contributed by atoms with Crippen molar-refractivity contribution in [2.24, 2.45) is 0 Å². The van der Waals surface area contributed by atoms with Crippen LogP contribution in [0.3, 0.4) is 0 Å². The zero-order chi connectivity index (χ0) is 23.9. The number of benzene rings is 1. The van der Waals surface area contributed by atoms with Crippen LogP contribution < -0.4 is 20.3 Å². The quantitative estimate of drug-likeness (QED) is 0.330. The highest BCUT2D eigenvalue weighted by Gasteiger charge is 2.16. The van der Waals surface area contributed by atoms with E-state index in [0.717, 1.165) is 26.1 Å². The van der Waals surface area contributed by atoms with Gasteiger partial charge < -0.3 is 19.7 Å². The van der Waals surface area contributed by atoms with E-state index in [4.69, 9.17) is 14.5 Å². The predicted octanol–water partition coefficient (Wildman–Crippen LogP) is 4.08. The Hall–Kier alpha value is -2.56. The molecule has 1 fully saturated rings. The summed E-state index contributed by atoms with van der Waals surface area (Å²) in [6, 6.07) is 7.07. The van der Waals surface area contributed by atoms with Crippen molar-refractivity contribution in [2.45, 2.75) is 37.4 Å². The van der Waals surface area contributed by atoms with E-state index in [0.29, 0.717) is 39.1 Å². The summed E-state index contributed by atoms with van der Waals surface area (Å²) in [5, 5.41) is 5.34. The average Bonchev–Trinajstić information content (AvgIpc) is 3.34. The van der Waals surface area contributed by atoms with Crippen LogP contribution in [0.1, 0.15) is 25.7 Å². The van der Waals surface area contributed by atoms with Gasteiger partial charge in [0.05, 0.1) is 25.5 Å². The van der Waals surface area contributed by atoms with Gasteiger partial charge in [0.1, 0.15) is 4.70 Å². The van der Waals surface area contributed by atoms with Gasteiger partial charge in [0.2, 0.25) is 5.91 Å². The SMILES string of the molecule is COc1ccc(NC(=O)CSc2nc3ccsc3c(=O)n2CCCN2CCCCC2)cc1OC. The van der Waals surface area contributed by atoms with Crippen molar-refractivity contribution in [3.8, 4) is 11.5 Å². The van der Waals surface area contributed by atoms with Crippen LogP contribution in [-0.2, 0) is 11.3 Å². The molecule has 0 saturated carbocycles. The van der Waals surface area contributed by atoms with Gasteiger partial charge in [-0.3, -0.25) is 14.2 Å². The lowest BCUT2D eigenvalue weighted by atomic mass is 10.1. The molecule has 182 valence electrons. The number of piperidine rings is 1. The molecule has 34 heavy (non-hydrogen) atoms. The van der Waals surface area contributed by atoms with Crippen molar-refractivity contribution in [3.63, 3.8) is 0 Å². The van der Waals surface area contributed by atoms with E-state index in [2.05, 4.69) is 10.2 Å². The smallest absolute Gasteiger partial charge is 0.272 e. The summed E-state index contributed by atoms with van der Waals surface area (Å²) >= 11 is 2.70. The Morgan fingerprint density at radius 2 is 1.91 bits per heavy atom. The second-order valence-electron chi connectivity index (χ2n) is 8.15. The van der Waals surface area contributed by atoms with Crippen molar-refractivity contribution in [1.29, 1.82) is 0 Å². The van der Waals surface area contributed by atoms with E-state index in [9.17, 15) is 9.59 Å². The number of anilines is 1. The number of nitrogens with one attached hydrogen (secondary N) is 1. The lowest BCUT2D eigenvalue weighted by Gasteiger charge is -2.26. The van der Waals surface area contributed by atoms with Gasteiger partial charge in [0, 0.05) is 18.3 Å². The lowest BCUT2D eigenvalue weighted by molar-refractivity contribution is -0.113. The van der Waals surface area contributed by atoms with Crippen molar-refractivity contribution >= 4 is 44.9 Å². The summed E-state index contributed by atoms with van der Waals surface area (Å²) in [6.07, 6.45) is 4.68. The first kappa shape index (κ1) is 24.6. The molecular formula is C24H30N4O4S2. The summed E-state index contributed by atoms with van der Waals surface area (Å²) in [7, 11) is 3.12. The lowest BCUT2D eigenvalue weighted by Crippen LogP contribution is -2.32. The number of likely N-dealkylation sites (tertiary alicyclic amines) is 1. The maximum atomic E-state index is 13.1. The number of carbonyl (C=O) groups is 1. The third-order valence-electron chi connectivity index (χ3n) is 5.84. The number of rotatable bonds is 10. The number of thioether (sulfide) groups is 1. The Balaban J connectivity index is 1.43. The summed E-state index contributed by atoms with van der Waals surface area (Å²) < 4.78 is 12.9. The molecule has 0 aliphatic carbocycles. The number of aromatic nitrogens is 2. The van der Waals surface area contributed by atoms with Crippen molar-refractivity contribution in [2.75, 3.05) is 44.9 Å². The molecule has 1 aliphatic heterocycles. The number of methoxy groups -OCH3 is 2. The molecule has 3 heterocycles. The second-order valence-corrected chi connectivity index (χ2v) is 10.0. The molecule has 1 N–H and O–H groups in total. The van der Waals surface area contributed by atoms with E-state index in [1.54, 1.807) is 37.0 Å². The molecule has 0 atom stereocenters. The average molecular weight is 503 g/mol. The van der Waals surface area contributed by atoms with Crippen LogP contribution in [0.4, 0.5) is 5.69 Å². The van der Waals surface area contributed by atoms with Gasteiger partial charge >= 0.3 is 0 Å². The van der Waals surface area contributed by atoms with Gasteiger partial charge in [0.15, 0.2) is 16.7 Å². The fourth-order valence-corrected chi connectivity index (χ4v) is 5.71. The fourth-order valence-electron chi connectivity index (χ4n) is 4.11. The molecule has 8 nitrogen and oxygen atoms in total. The molecule has 3 aromatic rings. The number of hydrogen-bond acceptors (Lipinski definition) is 8. The monoisotopic (exact) mass is 502 g/mol. The number of fused-ring (bicyclic) bond motifs is 1. The number of ether oxygens (including phenoxy) is 2. The van der Waals surface area contributed by atoms with Gasteiger partial charge in [-0.2, -0.15) is 0 Å². The molecule has 1 aromatic carbocycles. The molecule has 2 aromatic heterocycles. The van der Waals surface area contributed by atoms with Crippen LogP contribution in [-0.4, -0.2) is 60.0 Å². The van der Waals surface area contributed by atoms with Gasteiger partial charge in [-0.1, -0.05) is 18.2 Å². The molecular weight excluding hydrogens is 472 g/mol. The van der Waals surface area contributed by atoms with Gasteiger partial charge in [-0.05, 0) is 62.5 Å². The molecule has 0 unspecified atom stereocenters. The van der Waals surface area contributed by atoms with E-state index in [-0.39, 0.29) is 17.2 Å². The Kier molecular flexibility index (Phi) is 8.47. The van der Waals surface area contributed by atoms with Gasteiger partial charge in [-0.15, -0.1) is 11.3 Å². The van der Waals surface area contributed by atoms with Crippen LogP contribution in [0.5, 0.6) is 11.5 Å². The van der Waals surface area contributed by atoms with Crippen LogP contribution in [0.15, 0.2) is 39.6 Å². The van der Waals surface area contributed by atoms with Gasteiger partial charge in [-0.25, -0.2) is 4.98 Å². The number of carbonyl (C=O) groups excluding carboxylic acids is 1. The Morgan fingerprint density at radius 3 is 2.68 bits per heavy atom. The zero-order valence-electron chi connectivity index (χ0n) is 19.5. The van der Waals surface area contributed by atoms with Crippen LogP contribution in [0.2, 0.25) is 0 Å². The largest absolute Gasteiger partial charge is 0.493 e. The van der Waals surface area contributed by atoms with E-state index in [1.807, 2.05) is 11.4 Å².